The molecule has 0 radical (unpaired) electrons. The van der Waals surface area contributed by atoms with E-state index in [1.807, 2.05) is 0 Å². The molecule has 0 saturated carbocycles. The Hall–Kier alpha value is -3.47. The highest BCUT2D eigenvalue weighted by molar-refractivity contribution is 8.15. The first-order chi connectivity index (χ1) is 18.3. The molecule has 1 rings (SSSR count). The zero-order valence-corrected chi connectivity index (χ0v) is 23.5. The van der Waals surface area contributed by atoms with Crippen LogP contribution in [0.3, 0.4) is 0 Å². The van der Waals surface area contributed by atoms with Crippen molar-refractivity contribution in [3.05, 3.63) is 22.1 Å². The van der Waals surface area contributed by atoms with Gasteiger partial charge in [-0.25, -0.2) is 19.2 Å². The van der Waals surface area contributed by atoms with Crippen LogP contribution in [0, 0.1) is 6.92 Å². The van der Waals surface area contributed by atoms with E-state index in [1.54, 1.807) is 13.8 Å². The maximum atomic E-state index is 12.9. The van der Waals surface area contributed by atoms with Gasteiger partial charge in [0.05, 0.1) is 4.75 Å². The second-order valence-corrected chi connectivity index (χ2v) is 10.3. The zero-order valence-electron chi connectivity index (χ0n) is 21.9. The number of carbonyl (C=O) groups excluding carboxylic acids is 6. The van der Waals surface area contributed by atoms with Gasteiger partial charge in [0.15, 0.2) is 18.1 Å². The fourth-order valence-corrected chi connectivity index (χ4v) is 3.54. The van der Waals surface area contributed by atoms with Crippen molar-refractivity contribution in [3.63, 3.8) is 0 Å². The molecule has 0 unspecified atom stereocenters. The summed E-state index contributed by atoms with van der Waals surface area (Å²) in [5.74, 6) is -4.37. The highest BCUT2D eigenvalue weighted by atomic mass is 32.2. The molecule has 0 saturated heterocycles. The average Bonchev–Trinajstić information content (AvgIpc) is 3.20. The number of rotatable bonds is 14. The SMILES string of the molecule is CCC(=O)OCOC(=O)SC[C@H](NC(=O)C(C)(C)SC(=O)OCOC(=O)CC)C(=O)OCc1oc(=O)oc1C. The number of aryl methyl sites for hydroxylation is 1. The van der Waals surface area contributed by atoms with Crippen molar-refractivity contribution in [2.45, 2.75) is 64.9 Å². The van der Waals surface area contributed by atoms with E-state index in [2.05, 4.69) is 19.2 Å². The summed E-state index contributed by atoms with van der Waals surface area (Å²) in [6, 6.07) is -1.44. The van der Waals surface area contributed by atoms with E-state index in [0.29, 0.717) is 23.5 Å². The molecule has 1 aromatic rings. The lowest BCUT2D eigenvalue weighted by molar-refractivity contribution is -0.152. The van der Waals surface area contributed by atoms with Crippen molar-refractivity contribution < 1.29 is 61.3 Å². The maximum absolute atomic E-state index is 12.9. The van der Waals surface area contributed by atoms with E-state index in [-0.39, 0.29) is 30.1 Å². The molecule has 0 fully saturated rings. The topological polar surface area (TPSA) is 204 Å². The van der Waals surface area contributed by atoms with Gasteiger partial charge in [0.25, 0.3) is 0 Å². The third kappa shape index (κ3) is 12.8. The molecule has 0 aliphatic carbocycles. The normalized spacial score (nSPS) is 11.6. The van der Waals surface area contributed by atoms with Crippen molar-refractivity contribution in [3.8, 4) is 0 Å². The highest BCUT2D eigenvalue weighted by Crippen LogP contribution is 2.27. The third-order valence-electron chi connectivity index (χ3n) is 4.39. The van der Waals surface area contributed by atoms with Crippen LogP contribution >= 0.6 is 23.5 Å². The maximum Gasteiger partial charge on any atom is 0.519 e. The Balaban J connectivity index is 2.82. The van der Waals surface area contributed by atoms with Crippen molar-refractivity contribution in [1.29, 1.82) is 0 Å². The Labute approximate surface area is 230 Å². The number of ether oxygens (including phenoxy) is 5. The van der Waals surface area contributed by atoms with Crippen LogP contribution in [0.2, 0.25) is 0 Å². The predicted octanol–water partition coefficient (Wildman–Crippen LogP) is 2.41. The Bertz CT molecular complexity index is 1090. The van der Waals surface area contributed by atoms with Crippen LogP contribution in [0.5, 0.6) is 0 Å². The number of esters is 3. The van der Waals surface area contributed by atoms with Gasteiger partial charge < -0.3 is 37.8 Å². The van der Waals surface area contributed by atoms with E-state index in [4.69, 9.17) is 18.6 Å². The molecule has 15 nitrogen and oxygen atoms in total. The molecule has 17 heteroatoms. The number of hydrogen-bond acceptors (Lipinski definition) is 16. The summed E-state index contributed by atoms with van der Waals surface area (Å²) in [5, 5.41) is 0.541. The molecule has 1 N–H and O–H groups in total. The zero-order chi connectivity index (χ0) is 29.6. The standard InChI is InChI=1S/C22H29NO14S2/c1-6-15(24)32-10-34-20(29)38-9-13(17(26)31-8-14-12(3)36-19(28)37-14)23-18(27)22(4,5)39-21(30)35-11-33-16(25)7-2/h13H,6-11H2,1-5H3,(H,23,27)/t13-/m0/s1. The van der Waals surface area contributed by atoms with Crippen LogP contribution in [-0.2, 0) is 49.5 Å². The van der Waals surface area contributed by atoms with Crippen LogP contribution in [0.25, 0.3) is 0 Å². The second-order valence-electron chi connectivity index (χ2n) is 7.75. The Kier molecular flexibility index (Phi) is 14.2. The van der Waals surface area contributed by atoms with Gasteiger partial charge in [-0.2, -0.15) is 0 Å². The predicted molar refractivity (Wildman–Crippen MR) is 133 cm³/mol. The van der Waals surface area contributed by atoms with E-state index in [9.17, 15) is 33.6 Å². The summed E-state index contributed by atoms with van der Waals surface area (Å²) in [5.41, 5.74) is 0. The molecule has 0 aliphatic heterocycles. The fourth-order valence-electron chi connectivity index (χ4n) is 2.21. The van der Waals surface area contributed by atoms with Gasteiger partial charge in [-0.1, -0.05) is 13.8 Å². The smallest absolute Gasteiger partial charge is 0.456 e. The van der Waals surface area contributed by atoms with Gasteiger partial charge in [-0.3, -0.25) is 14.4 Å². The van der Waals surface area contributed by atoms with Crippen LogP contribution in [0.1, 0.15) is 52.1 Å². The van der Waals surface area contributed by atoms with E-state index < -0.39 is 71.2 Å². The van der Waals surface area contributed by atoms with Gasteiger partial charge in [-0.15, -0.1) is 0 Å². The summed E-state index contributed by atoms with van der Waals surface area (Å²) in [6.07, 6.45) is 0.157. The van der Waals surface area contributed by atoms with E-state index in [0.717, 1.165) is 0 Å². The minimum Gasteiger partial charge on any atom is -0.456 e. The van der Waals surface area contributed by atoms with E-state index in [1.165, 1.54) is 20.8 Å². The third-order valence-corrected chi connectivity index (χ3v) is 6.23. The number of hydrogen-bond donors (Lipinski definition) is 1. The summed E-state index contributed by atoms with van der Waals surface area (Å²) in [6.45, 7) is 5.45. The van der Waals surface area contributed by atoms with Crippen molar-refractivity contribution in [1.82, 2.24) is 5.32 Å². The Morgan fingerprint density at radius 1 is 0.872 bits per heavy atom. The fraction of sp³-hybridized carbons (Fsp3) is 0.591. The van der Waals surface area contributed by atoms with Crippen LogP contribution in [0.15, 0.2) is 13.6 Å². The Morgan fingerprint density at radius 3 is 1.95 bits per heavy atom. The summed E-state index contributed by atoms with van der Waals surface area (Å²) in [7, 11) is 0. The van der Waals surface area contributed by atoms with Crippen molar-refractivity contribution in [2.75, 3.05) is 19.3 Å². The lowest BCUT2D eigenvalue weighted by Crippen LogP contribution is -2.50. The molecule has 39 heavy (non-hydrogen) atoms. The van der Waals surface area contributed by atoms with Crippen LogP contribution in [0.4, 0.5) is 9.59 Å². The Morgan fingerprint density at radius 2 is 1.44 bits per heavy atom. The molecular formula is C22H29NO14S2. The van der Waals surface area contributed by atoms with Gasteiger partial charge in [0, 0.05) is 18.6 Å². The summed E-state index contributed by atoms with van der Waals surface area (Å²) < 4.78 is 31.8. The number of thioether (sulfide) groups is 2. The molecule has 0 bridgehead atoms. The summed E-state index contributed by atoms with van der Waals surface area (Å²) in [4.78, 5) is 83.2. The first kappa shape index (κ1) is 33.6. The lowest BCUT2D eigenvalue weighted by atomic mass is 10.2. The second kappa shape index (κ2) is 16.5. The molecule has 0 spiro atoms. The monoisotopic (exact) mass is 595 g/mol. The largest absolute Gasteiger partial charge is 0.519 e. The first-order valence-corrected chi connectivity index (χ1v) is 13.1. The van der Waals surface area contributed by atoms with Gasteiger partial charge in [0.2, 0.25) is 19.5 Å². The molecule has 1 aromatic heterocycles. The molecule has 0 aliphatic rings. The van der Waals surface area contributed by atoms with Gasteiger partial charge in [-0.05, 0) is 44.3 Å². The lowest BCUT2D eigenvalue weighted by Gasteiger charge is -2.25. The van der Waals surface area contributed by atoms with Crippen molar-refractivity contribution >= 4 is 57.9 Å². The summed E-state index contributed by atoms with van der Waals surface area (Å²) >= 11 is 0.929. The van der Waals surface area contributed by atoms with Gasteiger partial charge in [0.1, 0.15) is 6.04 Å². The molecule has 1 heterocycles. The van der Waals surface area contributed by atoms with Crippen LogP contribution in [-0.4, -0.2) is 64.5 Å². The first-order valence-electron chi connectivity index (χ1n) is 11.3. The highest BCUT2D eigenvalue weighted by Gasteiger charge is 2.36. The van der Waals surface area contributed by atoms with Crippen LogP contribution < -0.4 is 11.1 Å². The minimum atomic E-state index is -1.49. The minimum absolute atomic E-state index is 0.0642. The number of amides is 1. The molecular weight excluding hydrogens is 566 g/mol. The van der Waals surface area contributed by atoms with Gasteiger partial charge >= 0.3 is 34.3 Å². The number of carbonyl (C=O) groups is 6. The average molecular weight is 596 g/mol. The molecule has 0 aromatic carbocycles. The quantitative estimate of drug-likeness (QED) is 0.186. The number of nitrogens with one attached hydrogen (secondary N) is 1. The van der Waals surface area contributed by atoms with E-state index >= 15 is 0 Å². The molecule has 1 amide bonds. The molecule has 1 atom stereocenters. The van der Waals surface area contributed by atoms with Crippen molar-refractivity contribution in [2.24, 2.45) is 0 Å². The molecule has 218 valence electrons.